The summed E-state index contributed by atoms with van der Waals surface area (Å²) < 4.78 is 20.7. The minimum atomic E-state index is -0.301. The molecule has 1 aliphatic carbocycles. The standard InChI is InChI=1S/C23H25FN4O2/c1-15-3-12-22(25-14-15)30-19-10-8-18(9-11-19)26-23(29)21-13-20(27-28(21)2)16-4-6-17(24)7-5-16/h3-7,12-14,18-19H,8-11H2,1-2H3,(H,26,29). The summed E-state index contributed by atoms with van der Waals surface area (Å²) >= 11 is 0. The van der Waals surface area contributed by atoms with Gasteiger partial charge in [-0.2, -0.15) is 5.10 Å². The molecule has 0 bridgehead atoms. The zero-order valence-electron chi connectivity index (χ0n) is 17.1. The van der Waals surface area contributed by atoms with Crippen LogP contribution in [-0.2, 0) is 7.05 Å². The van der Waals surface area contributed by atoms with Crippen molar-refractivity contribution in [3.63, 3.8) is 0 Å². The number of carbonyl (C=O) groups excluding carboxylic acids is 1. The van der Waals surface area contributed by atoms with E-state index < -0.39 is 0 Å². The molecule has 2 aromatic heterocycles. The van der Waals surface area contributed by atoms with Crippen LogP contribution in [0.5, 0.6) is 5.88 Å². The number of halogens is 1. The van der Waals surface area contributed by atoms with Gasteiger partial charge in [0.1, 0.15) is 17.6 Å². The molecule has 0 saturated heterocycles. The highest BCUT2D eigenvalue weighted by Crippen LogP contribution is 2.24. The molecule has 4 rings (SSSR count). The minimum absolute atomic E-state index is 0.104. The first-order valence-electron chi connectivity index (χ1n) is 10.2. The molecule has 1 fully saturated rings. The molecule has 6 nitrogen and oxygen atoms in total. The summed E-state index contributed by atoms with van der Waals surface area (Å²) in [7, 11) is 1.74. The normalized spacial score (nSPS) is 18.8. The number of amides is 1. The van der Waals surface area contributed by atoms with E-state index in [0.717, 1.165) is 36.8 Å². The van der Waals surface area contributed by atoms with Gasteiger partial charge < -0.3 is 10.1 Å². The number of nitrogens with one attached hydrogen (secondary N) is 1. The topological polar surface area (TPSA) is 69.0 Å². The van der Waals surface area contributed by atoms with Gasteiger partial charge in [-0.1, -0.05) is 6.07 Å². The summed E-state index contributed by atoms with van der Waals surface area (Å²) in [4.78, 5) is 17.1. The average molecular weight is 408 g/mol. The van der Waals surface area contributed by atoms with Gasteiger partial charge in [0.2, 0.25) is 5.88 Å². The first-order valence-corrected chi connectivity index (χ1v) is 10.2. The van der Waals surface area contributed by atoms with Crippen molar-refractivity contribution >= 4 is 5.91 Å². The van der Waals surface area contributed by atoms with Crippen molar-refractivity contribution in [1.29, 1.82) is 0 Å². The van der Waals surface area contributed by atoms with Gasteiger partial charge in [-0.3, -0.25) is 9.48 Å². The van der Waals surface area contributed by atoms with E-state index in [9.17, 15) is 9.18 Å². The predicted molar refractivity (Wildman–Crippen MR) is 112 cm³/mol. The van der Waals surface area contributed by atoms with Gasteiger partial charge in [0.15, 0.2) is 0 Å². The number of pyridine rings is 1. The van der Waals surface area contributed by atoms with Crippen LogP contribution >= 0.6 is 0 Å². The fraction of sp³-hybridized carbons (Fsp3) is 0.348. The number of rotatable bonds is 5. The van der Waals surface area contributed by atoms with E-state index in [1.807, 2.05) is 19.1 Å². The highest BCUT2D eigenvalue weighted by Gasteiger charge is 2.25. The fourth-order valence-corrected chi connectivity index (χ4v) is 3.72. The van der Waals surface area contributed by atoms with Gasteiger partial charge in [0.25, 0.3) is 5.91 Å². The summed E-state index contributed by atoms with van der Waals surface area (Å²) in [6, 6.07) is 11.8. The molecule has 1 amide bonds. The number of hydrogen-bond acceptors (Lipinski definition) is 4. The molecule has 0 unspecified atom stereocenters. The van der Waals surface area contributed by atoms with Crippen molar-refractivity contribution < 1.29 is 13.9 Å². The number of aromatic nitrogens is 3. The molecule has 1 N–H and O–H groups in total. The predicted octanol–water partition coefficient (Wildman–Crippen LogP) is 4.05. The molecule has 1 saturated carbocycles. The van der Waals surface area contributed by atoms with Gasteiger partial charge >= 0.3 is 0 Å². The lowest BCUT2D eigenvalue weighted by atomic mass is 9.93. The zero-order chi connectivity index (χ0) is 21.1. The molecule has 0 spiro atoms. The summed E-state index contributed by atoms with van der Waals surface area (Å²) in [5.74, 6) is 0.199. The van der Waals surface area contributed by atoms with E-state index in [-0.39, 0.29) is 23.9 Å². The number of carbonyl (C=O) groups is 1. The maximum atomic E-state index is 13.1. The molecule has 0 atom stereocenters. The Hall–Kier alpha value is -3.22. The van der Waals surface area contributed by atoms with Crippen LogP contribution in [0, 0.1) is 12.7 Å². The van der Waals surface area contributed by atoms with Crippen molar-refractivity contribution in [3.8, 4) is 17.1 Å². The lowest BCUT2D eigenvalue weighted by Gasteiger charge is -2.29. The van der Waals surface area contributed by atoms with E-state index in [2.05, 4.69) is 15.4 Å². The van der Waals surface area contributed by atoms with E-state index in [0.29, 0.717) is 17.3 Å². The number of benzene rings is 1. The third-order valence-electron chi connectivity index (χ3n) is 5.43. The van der Waals surface area contributed by atoms with Gasteiger partial charge in [-0.05, 0) is 68.5 Å². The number of ether oxygens (including phenoxy) is 1. The molecule has 156 valence electrons. The van der Waals surface area contributed by atoms with Crippen LogP contribution < -0.4 is 10.1 Å². The zero-order valence-corrected chi connectivity index (χ0v) is 17.1. The summed E-state index contributed by atoms with van der Waals surface area (Å²) in [6.07, 6.45) is 5.36. The van der Waals surface area contributed by atoms with Crippen LogP contribution in [0.2, 0.25) is 0 Å². The van der Waals surface area contributed by atoms with Crippen molar-refractivity contribution in [1.82, 2.24) is 20.1 Å². The van der Waals surface area contributed by atoms with Crippen LogP contribution in [0.4, 0.5) is 4.39 Å². The fourth-order valence-electron chi connectivity index (χ4n) is 3.72. The van der Waals surface area contributed by atoms with Gasteiger partial charge in [0, 0.05) is 30.9 Å². The largest absolute Gasteiger partial charge is 0.474 e. The quantitative estimate of drug-likeness (QED) is 0.692. The maximum Gasteiger partial charge on any atom is 0.269 e. The van der Waals surface area contributed by atoms with Crippen molar-refractivity contribution in [3.05, 3.63) is 65.7 Å². The van der Waals surface area contributed by atoms with Crippen LogP contribution in [0.3, 0.4) is 0 Å². The first-order chi connectivity index (χ1) is 14.5. The monoisotopic (exact) mass is 408 g/mol. The lowest BCUT2D eigenvalue weighted by Crippen LogP contribution is -2.40. The molecule has 1 aromatic carbocycles. The molecule has 0 radical (unpaired) electrons. The Morgan fingerprint density at radius 2 is 1.87 bits per heavy atom. The van der Waals surface area contributed by atoms with E-state index in [4.69, 9.17) is 4.74 Å². The van der Waals surface area contributed by atoms with Crippen molar-refractivity contribution in [2.45, 2.75) is 44.8 Å². The van der Waals surface area contributed by atoms with Gasteiger partial charge in [0.05, 0.1) is 5.69 Å². The number of aryl methyl sites for hydroxylation is 2. The van der Waals surface area contributed by atoms with E-state index in [1.54, 1.807) is 36.1 Å². The number of hydrogen-bond donors (Lipinski definition) is 1. The molecular formula is C23H25FN4O2. The van der Waals surface area contributed by atoms with Crippen LogP contribution in [-0.4, -0.2) is 32.8 Å². The minimum Gasteiger partial charge on any atom is -0.474 e. The second-order valence-electron chi connectivity index (χ2n) is 7.78. The molecule has 30 heavy (non-hydrogen) atoms. The Balaban J connectivity index is 1.32. The molecule has 7 heteroatoms. The molecular weight excluding hydrogens is 383 g/mol. The Labute approximate surface area is 175 Å². The molecule has 0 aliphatic heterocycles. The molecule has 1 aliphatic rings. The summed E-state index contributed by atoms with van der Waals surface area (Å²) in [6.45, 7) is 2.00. The second kappa shape index (κ2) is 8.65. The highest BCUT2D eigenvalue weighted by atomic mass is 19.1. The van der Waals surface area contributed by atoms with Crippen LogP contribution in [0.15, 0.2) is 48.7 Å². The SMILES string of the molecule is Cc1ccc(OC2CCC(NC(=O)c3cc(-c4ccc(F)cc4)nn3C)CC2)nc1. The Bertz CT molecular complexity index is 1010. The Morgan fingerprint density at radius 1 is 1.13 bits per heavy atom. The third kappa shape index (κ3) is 4.67. The second-order valence-corrected chi connectivity index (χ2v) is 7.78. The maximum absolute atomic E-state index is 13.1. The molecule has 3 aromatic rings. The van der Waals surface area contributed by atoms with Gasteiger partial charge in [-0.15, -0.1) is 0 Å². The third-order valence-corrected chi connectivity index (χ3v) is 5.43. The highest BCUT2D eigenvalue weighted by molar-refractivity contribution is 5.93. The Kier molecular flexibility index (Phi) is 5.79. The Morgan fingerprint density at radius 3 is 2.53 bits per heavy atom. The summed E-state index contributed by atoms with van der Waals surface area (Å²) in [5, 5.41) is 7.51. The summed E-state index contributed by atoms with van der Waals surface area (Å²) in [5.41, 5.74) is 3.00. The van der Waals surface area contributed by atoms with Crippen LogP contribution in [0.1, 0.15) is 41.7 Å². The first kappa shape index (κ1) is 20.1. The van der Waals surface area contributed by atoms with Gasteiger partial charge in [-0.25, -0.2) is 9.37 Å². The van der Waals surface area contributed by atoms with Crippen molar-refractivity contribution in [2.24, 2.45) is 7.05 Å². The van der Waals surface area contributed by atoms with Crippen molar-refractivity contribution in [2.75, 3.05) is 0 Å². The lowest BCUT2D eigenvalue weighted by molar-refractivity contribution is 0.0881. The average Bonchev–Trinajstić information content (AvgIpc) is 3.13. The smallest absolute Gasteiger partial charge is 0.269 e. The van der Waals surface area contributed by atoms with Crippen LogP contribution in [0.25, 0.3) is 11.3 Å². The van der Waals surface area contributed by atoms with E-state index in [1.165, 1.54) is 12.1 Å². The van der Waals surface area contributed by atoms with E-state index >= 15 is 0 Å². The molecule has 2 heterocycles. The number of nitrogens with zero attached hydrogens (tertiary/aromatic N) is 3.